The molecule has 2 rings (SSSR count). The summed E-state index contributed by atoms with van der Waals surface area (Å²) in [5, 5.41) is 0. The van der Waals surface area contributed by atoms with Gasteiger partial charge in [0.05, 0.1) is 13.0 Å². The molecule has 1 aliphatic heterocycles. The predicted octanol–water partition coefficient (Wildman–Crippen LogP) is 1.03. The van der Waals surface area contributed by atoms with Crippen molar-refractivity contribution in [2.75, 3.05) is 20.2 Å². The largest absolute Gasteiger partial charge is 0.469 e. The maximum Gasteiger partial charge on any atom is 0.310 e. The van der Waals surface area contributed by atoms with Crippen molar-refractivity contribution in [3.63, 3.8) is 0 Å². The summed E-state index contributed by atoms with van der Waals surface area (Å²) in [5.74, 6) is -0.473. The number of hydrogen-bond acceptors (Lipinski definition) is 4. The fourth-order valence-electron chi connectivity index (χ4n) is 2.19. The fraction of sp³-hybridized carbons (Fsp3) is 0.462. The summed E-state index contributed by atoms with van der Waals surface area (Å²) >= 11 is 0. The van der Waals surface area contributed by atoms with Gasteiger partial charge in [0.1, 0.15) is 0 Å². The maximum absolute atomic E-state index is 12.3. The molecule has 0 spiro atoms. The average molecular weight is 248 g/mol. The Hall–Kier alpha value is -1.91. The van der Waals surface area contributed by atoms with Gasteiger partial charge in [-0.25, -0.2) is 0 Å². The molecular formula is C13H16N2O3. The molecule has 5 nitrogen and oxygen atoms in total. The summed E-state index contributed by atoms with van der Waals surface area (Å²) in [6.45, 7) is 2.89. The molecule has 1 saturated heterocycles. The molecule has 0 radical (unpaired) electrons. The summed E-state index contributed by atoms with van der Waals surface area (Å²) < 4.78 is 4.70. The van der Waals surface area contributed by atoms with Gasteiger partial charge in [0.25, 0.3) is 5.91 Å². The second-order valence-corrected chi connectivity index (χ2v) is 4.45. The lowest BCUT2D eigenvalue weighted by molar-refractivity contribution is -0.144. The molecule has 1 unspecified atom stereocenters. The van der Waals surface area contributed by atoms with Gasteiger partial charge < -0.3 is 9.64 Å². The van der Waals surface area contributed by atoms with E-state index in [1.54, 1.807) is 23.4 Å². The standard InChI is InChI=1S/C13H16N2O3/c1-9-7-14-5-3-11(9)12(16)15-6-4-10(8-15)13(17)18-2/h3,5,7,10H,4,6,8H2,1-2H3. The Morgan fingerprint density at radius 1 is 1.50 bits per heavy atom. The number of hydrogen-bond donors (Lipinski definition) is 0. The molecule has 5 heteroatoms. The minimum absolute atomic E-state index is 0.0405. The summed E-state index contributed by atoms with van der Waals surface area (Å²) in [5.41, 5.74) is 1.50. The van der Waals surface area contributed by atoms with Crippen LogP contribution in [-0.4, -0.2) is 42.0 Å². The van der Waals surface area contributed by atoms with Gasteiger partial charge in [-0.2, -0.15) is 0 Å². The number of likely N-dealkylation sites (tertiary alicyclic amines) is 1. The summed E-state index contributed by atoms with van der Waals surface area (Å²) in [7, 11) is 1.37. The van der Waals surface area contributed by atoms with Crippen molar-refractivity contribution in [1.82, 2.24) is 9.88 Å². The normalized spacial score (nSPS) is 18.8. The third kappa shape index (κ3) is 2.34. The highest BCUT2D eigenvalue weighted by molar-refractivity contribution is 5.96. The molecular weight excluding hydrogens is 232 g/mol. The van der Waals surface area contributed by atoms with Crippen molar-refractivity contribution < 1.29 is 14.3 Å². The SMILES string of the molecule is COC(=O)C1CCN(C(=O)c2ccncc2C)C1. The summed E-state index contributed by atoms with van der Waals surface area (Å²) in [4.78, 5) is 29.3. The molecule has 0 aliphatic carbocycles. The van der Waals surface area contributed by atoms with Gasteiger partial charge in [-0.3, -0.25) is 14.6 Å². The quantitative estimate of drug-likeness (QED) is 0.733. The molecule has 0 bridgehead atoms. The van der Waals surface area contributed by atoms with Crippen LogP contribution in [0.15, 0.2) is 18.5 Å². The first-order valence-electron chi connectivity index (χ1n) is 5.91. The number of rotatable bonds is 2. The lowest BCUT2D eigenvalue weighted by Crippen LogP contribution is -2.30. The number of methoxy groups -OCH3 is 1. The highest BCUT2D eigenvalue weighted by Gasteiger charge is 2.32. The second kappa shape index (κ2) is 5.16. The third-order valence-corrected chi connectivity index (χ3v) is 3.26. The number of esters is 1. The molecule has 0 aromatic carbocycles. The van der Waals surface area contributed by atoms with E-state index in [1.807, 2.05) is 6.92 Å². The van der Waals surface area contributed by atoms with Gasteiger partial charge in [-0.1, -0.05) is 0 Å². The van der Waals surface area contributed by atoms with E-state index in [1.165, 1.54) is 7.11 Å². The van der Waals surface area contributed by atoms with Crippen LogP contribution in [0.5, 0.6) is 0 Å². The fourth-order valence-corrected chi connectivity index (χ4v) is 2.19. The Balaban J connectivity index is 2.08. The van der Waals surface area contributed by atoms with E-state index >= 15 is 0 Å². The molecule has 1 atom stereocenters. The van der Waals surface area contributed by atoms with Gasteiger partial charge in [0, 0.05) is 31.0 Å². The highest BCUT2D eigenvalue weighted by atomic mass is 16.5. The minimum atomic E-state index is -0.239. The van der Waals surface area contributed by atoms with Crippen molar-refractivity contribution >= 4 is 11.9 Å². The Morgan fingerprint density at radius 2 is 2.28 bits per heavy atom. The third-order valence-electron chi connectivity index (χ3n) is 3.26. The molecule has 1 aromatic rings. The van der Waals surface area contributed by atoms with Gasteiger partial charge in [-0.05, 0) is 25.0 Å². The van der Waals surface area contributed by atoms with Crippen LogP contribution in [-0.2, 0) is 9.53 Å². The zero-order valence-corrected chi connectivity index (χ0v) is 10.5. The first kappa shape index (κ1) is 12.5. The number of amides is 1. The number of carbonyl (C=O) groups is 2. The van der Waals surface area contributed by atoms with E-state index < -0.39 is 0 Å². The number of aromatic nitrogens is 1. The molecule has 1 aliphatic rings. The second-order valence-electron chi connectivity index (χ2n) is 4.45. The van der Waals surface area contributed by atoms with Crippen LogP contribution in [0, 0.1) is 12.8 Å². The molecule has 1 amide bonds. The average Bonchev–Trinajstić information content (AvgIpc) is 2.87. The lowest BCUT2D eigenvalue weighted by atomic mass is 10.1. The topological polar surface area (TPSA) is 59.5 Å². The van der Waals surface area contributed by atoms with Gasteiger partial charge in [0.15, 0.2) is 0 Å². The monoisotopic (exact) mass is 248 g/mol. The Labute approximate surface area is 106 Å². The van der Waals surface area contributed by atoms with Crippen LogP contribution in [0.2, 0.25) is 0 Å². The van der Waals surface area contributed by atoms with E-state index in [0.29, 0.717) is 25.1 Å². The molecule has 96 valence electrons. The summed E-state index contributed by atoms with van der Waals surface area (Å²) in [6.07, 6.45) is 3.94. The highest BCUT2D eigenvalue weighted by Crippen LogP contribution is 2.20. The van der Waals surface area contributed by atoms with Crippen molar-refractivity contribution in [3.05, 3.63) is 29.6 Å². The first-order valence-corrected chi connectivity index (χ1v) is 5.91. The number of aryl methyl sites for hydroxylation is 1. The molecule has 0 N–H and O–H groups in total. The molecule has 1 aromatic heterocycles. The van der Waals surface area contributed by atoms with Crippen LogP contribution in [0.1, 0.15) is 22.3 Å². The predicted molar refractivity (Wildman–Crippen MR) is 65.0 cm³/mol. The smallest absolute Gasteiger partial charge is 0.310 e. The molecule has 18 heavy (non-hydrogen) atoms. The maximum atomic E-state index is 12.3. The zero-order chi connectivity index (χ0) is 13.1. The van der Waals surface area contributed by atoms with Gasteiger partial charge in [-0.15, -0.1) is 0 Å². The van der Waals surface area contributed by atoms with Gasteiger partial charge in [0.2, 0.25) is 0 Å². The number of nitrogens with zero attached hydrogens (tertiary/aromatic N) is 2. The van der Waals surface area contributed by atoms with Crippen molar-refractivity contribution in [1.29, 1.82) is 0 Å². The van der Waals surface area contributed by atoms with E-state index in [2.05, 4.69) is 4.98 Å². The Morgan fingerprint density at radius 3 is 2.94 bits per heavy atom. The van der Waals surface area contributed by atoms with Crippen LogP contribution in [0.25, 0.3) is 0 Å². The molecule has 0 saturated carbocycles. The zero-order valence-electron chi connectivity index (χ0n) is 10.5. The number of ether oxygens (including phenoxy) is 1. The van der Waals surface area contributed by atoms with Crippen molar-refractivity contribution in [2.24, 2.45) is 5.92 Å². The van der Waals surface area contributed by atoms with Crippen LogP contribution >= 0.6 is 0 Å². The number of carbonyl (C=O) groups excluding carboxylic acids is 2. The lowest BCUT2D eigenvalue weighted by Gasteiger charge is -2.17. The van der Waals surface area contributed by atoms with Crippen LogP contribution in [0.3, 0.4) is 0 Å². The van der Waals surface area contributed by atoms with Crippen LogP contribution in [0.4, 0.5) is 0 Å². The van der Waals surface area contributed by atoms with Crippen LogP contribution < -0.4 is 0 Å². The van der Waals surface area contributed by atoms with Crippen molar-refractivity contribution in [3.8, 4) is 0 Å². The van der Waals surface area contributed by atoms with E-state index in [4.69, 9.17) is 4.74 Å². The summed E-state index contributed by atoms with van der Waals surface area (Å²) in [6, 6.07) is 1.71. The molecule has 2 heterocycles. The minimum Gasteiger partial charge on any atom is -0.469 e. The van der Waals surface area contributed by atoms with Gasteiger partial charge >= 0.3 is 5.97 Å². The molecule has 1 fully saturated rings. The van der Waals surface area contributed by atoms with E-state index in [-0.39, 0.29) is 17.8 Å². The van der Waals surface area contributed by atoms with Crippen molar-refractivity contribution in [2.45, 2.75) is 13.3 Å². The Bertz CT molecular complexity index is 473. The van der Waals surface area contributed by atoms with E-state index in [0.717, 1.165) is 5.56 Å². The van der Waals surface area contributed by atoms with E-state index in [9.17, 15) is 9.59 Å². The first-order chi connectivity index (χ1) is 8.63. The number of pyridine rings is 1. The Kier molecular flexibility index (Phi) is 3.60.